The van der Waals surface area contributed by atoms with Gasteiger partial charge in [0.2, 0.25) is 10.0 Å². The van der Waals surface area contributed by atoms with Crippen molar-refractivity contribution in [2.75, 3.05) is 31.6 Å². The first-order valence-electron chi connectivity index (χ1n) is 10.2. The molecule has 3 rings (SSSR count). The number of morpholine rings is 1. The fraction of sp³-hybridized carbons (Fsp3) is 0.304. The number of ether oxygens (including phenoxy) is 2. The summed E-state index contributed by atoms with van der Waals surface area (Å²) in [6.07, 6.45) is 1.77. The van der Waals surface area contributed by atoms with Gasteiger partial charge in [-0.2, -0.15) is 4.31 Å². The Labute approximate surface area is 187 Å². The molecule has 0 spiro atoms. The van der Waals surface area contributed by atoms with Gasteiger partial charge >= 0.3 is 5.97 Å². The average Bonchev–Trinajstić information content (AvgIpc) is 2.80. The Hall–Kier alpha value is -3.01. The normalized spacial score (nSPS) is 15.9. The number of aryl methyl sites for hydroxylation is 1. The zero-order chi connectivity index (χ0) is 23.1. The van der Waals surface area contributed by atoms with Crippen LogP contribution in [0.4, 0.5) is 5.69 Å². The van der Waals surface area contributed by atoms with Gasteiger partial charge in [-0.25, -0.2) is 13.2 Å². The molecule has 1 saturated heterocycles. The fourth-order valence-corrected chi connectivity index (χ4v) is 4.78. The van der Waals surface area contributed by atoms with Crippen molar-refractivity contribution >= 4 is 33.7 Å². The van der Waals surface area contributed by atoms with E-state index in [1.54, 1.807) is 25.1 Å². The maximum absolute atomic E-state index is 13.0. The zero-order valence-corrected chi connectivity index (χ0v) is 18.8. The molecule has 1 amide bonds. The molecule has 9 heteroatoms. The summed E-state index contributed by atoms with van der Waals surface area (Å²) < 4.78 is 37.7. The molecular weight excluding hydrogens is 432 g/mol. The van der Waals surface area contributed by atoms with Gasteiger partial charge in [-0.3, -0.25) is 4.79 Å². The summed E-state index contributed by atoms with van der Waals surface area (Å²) in [5.41, 5.74) is 1.70. The highest BCUT2D eigenvalue weighted by Crippen LogP contribution is 2.24. The number of carbonyl (C=O) groups excluding carboxylic acids is 2. The van der Waals surface area contributed by atoms with E-state index in [0.29, 0.717) is 24.5 Å². The van der Waals surface area contributed by atoms with Crippen LogP contribution in [-0.2, 0) is 29.1 Å². The first-order chi connectivity index (χ1) is 15.3. The third-order valence-corrected chi connectivity index (χ3v) is 6.96. The highest BCUT2D eigenvalue weighted by atomic mass is 32.2. The largest absolute Gasteiger partial charge is 0.449 e. The number of carbonyl (C=O) groups is 2. The van der Waals surface area contributed by atoms with Crippen molar-refractivity contribution in [2.45, 2.75) is 24.8 Å². The Morgan fingerprint density at radius 2 is 1.81 bits per heavy atom. The van der Waals surface area contributed by atoms with Crippen molar-refractivity contribution in [1.29, 1.82) is 0 Å². The number of nitrogens with zero attached hydrogens (tertiary/aromatic N) is 1. The lowest BCUT2D eigenvalue weighted by molar-refractivity contribution is -0.148. The summed E-state index contributed by atoms with van der Waals surface area (Å²) in [7, 11) is -3.72. The summed E-state index contributed by atoms with van der Waals surface area (Å²) in [6.45, 7) is 4.39. The third kappa shape index (κ3) is 6.03. The molecule has 2 aromatic rings. The van der Waals surface area contributed by atoms with Crippen LogP contribution in [-0.4, -0.2) is 57.0 Å². The molecule has 32 heavy (non-hydrogen) atoms. The smallest absolute Gasteiger partial charge is 0.331 e. The predicted octanol–water partition coefficient (Wildman–Crippen LogP) is 2.60. The van der Waals surface area contributed by atoms with Crippen molar-refractivity contribution in [1.82, 2.24) is 4.31 Å². The Kier molecular flexibility index (Phi) is 7.79. The Balaban J connectivity index is 1.65. The van der Waals surface area contributed by atoms with Gasteiger partial charge in [0.1, 0.15) is 0 Å². The molecule has 1 aliphatic rings. The van der Waals surface area contributed by atoms with Gasteiger partial charge in [0.05, 0.1) is 18.1 Å². The molecular formula is C23H26N2O6S. The number of esters is 1. The van der Waals surface area contributed by atoms with Crippen molar-refractivity contribution in [3.05, 3.63) is 65.7 Å². The molecule has 0 aromatic heterocycles. The molecule has 170 valence electrons. The molecule has 1 N–H and O–H groups in total. The van der Waals surface area contributed by atoms with Crippen LogP contribution < -0.4 is 5.32 Å². The molecule has 0 radical (unpaired) electrons. The first-order valence-corrected chi connectivity index (χ1v) is 11.6. The second-order valence-corrected chi connectivity index (χ2v) is 9.22. The van der Waals surface area contributed by atoms with E-state index in [0.717, 1.165) is 5.56 Å². The Morgan fingerprint density at radius 1 is 1.12 bits per heavy atom. The van der Waals surface area contributed by atoms with Crippen LogP contribution >= 0.6 is 0 Å². The van der Waals surface area contributed by atoms with Crippen LogP contribution in [0, 0.1) is 6.92 Å². The van der Waals surface area contributed by atoms with Crippen LogP contribution in [0.5, 0.6) is 0 Å². The Bertz CT molecular complexity index is 1090. The van der Waals surface area contributed by atoms with Crippen LogP contribution in [0.1, 0.15) is 18.1 Å². The van der Waals surface area contributed by atoms with Crippen LogP contribution in [0.15, 0.2) is 59.5 Å². The second-order valence-electron chi connectivity index (χ2n) is 7.31. The van der Waals surface area contributed by atoms with E-state index in [1.165, 1.54) is 23.4 Å². The molecule has 0 bridgehead atoms. The van der Waals surface area contributed by atoms with Gasteiger partial charge in [0.15, 0.2) is 6.10 Å². The van der Waals surface area contributed by atoms with E-state index in [4.69, 9.17) is 9.47 Å². The van der Waals surface area contributed by atoms with Crippen molar-refractivity contribution in [3.8, 4) is 0 Å². The van der Waals surface area contributed by atoms with Gasteiger partial charge in [0.25, 0.3) is 5.91 Å². The fourth-order valence-electron chi connectivity index (χ4n) is 3.12. The number of benzene rings is 2. The maximum atomic E-state index is 13.0. The summed E-state index contributed by atoms with van der Waals surface area (Å²) >= 11 is 0. The molecule has 0 unspecified atom stereocenters. The number of hydrogen-bond acceptors (Lipinski definition) is 6. The molecule has 2 aromatic carbocycles. The van der Waals surface area contributed by atoms with Gasteiger partial charge in [-0.05, 0) is 43.2 Å². The minimum Gasteiger partial charge on any atom is -0.449 e. The quantitative estimate of drug-likeness (QED) is 0.506. The lowest BCUT2D eigenvalue weighted by Crippen LogP contribution is -2.40. The standard InChI is InChI=1S/C23H26N2O6S/c1-17-8-10-20(16-21(17)32(28,29)25-12-14-30-15-13-25)24-23(27)18(2)31-22(26)11-9-19-6-4-3-5-7-19/h3-11,16,18H,12-15H2,1-2H3,(H,24,27)/b11-9+/t18-/m0/s1. The lowest BCUT2D eigenvalue weighted by Gasteiger charge is -2.27. The topological polar surface area (TPSA) is 102 Å². The summed E-state index contributed by atoms with van der Waals surface area (Å²) in [5, 5.41) is 2.62. The molecule has 1 atom stereocenters. The number of hydrogen-bond donors (Lipinski definition) is 1. The van der Waals surface area contributed by atoms with Crippen molar-refractivity contribution in [2.24, 2.45) is 0 Å². The monoisotopic (exact) mass is 458 g/mol. The van der Waals surface area contributed by atoms with E-state index in [2.05, 4.69) is 5.32 Å². The maximum Gasteiger partial charge on any atom is 0.331 e. The zero-order valence-electron chi connectivity index (χ0n) is 18.0. The van der Waals surface area contributed by atoms with E-state index in [9.17, 15) is 18.0 Å². The lowest BCUT2D eigenvalue weighted by atomic mass is 10.2. The summed E-state index contributed by atoms with van der Waals surface area (Å²) in [5.74, 6) is -1.22. The Morgan fingerprint density at radius 3 is 2.50 bits per heavy atom. The molecule has 8 nitrogen and oxygen atoms in total. The minimum absolute atomic E-state index is 0.118. The van der Waals surface area contributed by atoms with Crippen molar-refractivity contribution < 1.29 is 27.5 Å². The highest BCUT2D eigenvalue weighted by molar-refractivity contribution is 7.89. The van der Waals surface area contributed by atoms with Gasteiger partial charge in [-0.1, -0.05) is 36.4 Å². The van der Waals surface area contributed by atoms with Gasteiger partial charge < -0.3 is 14.8 Å². The number of anilines is 1. The van der Waals surface area contributed by atoms with E-state index in [-0.39, 0.29) is 18.0 Å². The third-order valence-electron chi connectivity index (χ3n) is 4.92. The average molecular weight is 459 g/mol. The number of nitrogens with one attached hydrogen (secondary N) is 1. The van der Waals surface area contributed by atoms with E-state index >= 15 is 0 Å². The summed E-state index contributed by atoms with van der Waals surface area (Å²) in [4.78, 5) is 24.6. The predicted molar refractivity (Wildman–Crippen MR) is 120 cm³/mol. The number of sulfonamides is 1. The van der Waals surface area contributed by atoms with Gasteiger partial charge in [0, 0.05) is 24.9 Å². The summed E-state index contributed by atoms with van der Waals surface area (Å²) in [6, 6.07) is 13.9. The molecule has 1 aliphatic heterocycles. The minimum atomic E-state index is -3.72. The van der Waals surface area contributed by atoms with E-state index in [1.807, 2.05) is 30.3 Å². The molecule has 1 heterocycles. The number of rotatable bonds is 7. The van der Waals surface area contributed by atoms with Gasteiger partial charge in [-0.15, -0.1) is 0 Å². The van der Waals surface area contributed by atoms with Crippen molar-refractivity contribution in [3.63, 3.8) is 0 Å². The molecule has 0 aliphatic carbocycles. The van der Waals surface area contributed by atoms with Crippen LogP contribution in [0.2, 0.25) is 0 Å². The van der Waals surface area contributed by atoms with Crippen LogP contribution in [0.25, 0.3) is 6.08 Å². The highest BCUT2D eigenvalue weighted by Gasteiger charge is 2.28. The SMILES string of the molecule is Cc1ccc(NC(=O)[C@H](C)OC(=O)/C=C/c2ccccc2)cc1S(=O)(=O)N1CCOCC1. The molecule has 1 fully saturated rings. The van der Waals surface area contributed by atoms with Crippen LogP contribution in [0.3, 0.4) is 0 Å². The number of amides is 1. The first kappa shape index (κ1) is 23.6. The van der Waals surface area contributed by atoms with E-state index < -0.39 is 28.0 Å². The molecule has 0 saturated carbocycles. The second kappa shape index (κ2) is 10.5.